The molecule has 132 valence electrons. The lowest BCUT2D eigenvalue weighted by Crippen LogP contribution is -2.18. The minimum Gasteiger partial charge on any atom is -0.396 e. The molecule has 2 N–H and O–H groups in total. The summed E-state index contributed by atoms with van der Waals surface area (Å²) >= 11 is 0. The first-order valence-electron chi connectivity index (χ1n) is 8.90. The van der Waals surface area contributed by atoms with E-state index in [9.17, 15) is 0 Å². The van der Waals surface area contributed by atoms with E-state index in [2.05, 4.69) is 29.0 Å². The van der Waals surface area contributed by atoms with Gasteiger partial charge in [-0.2, -0.15) is 10.2 Å². The number of nitrogens with two attached hydrogens (primary N) is 1. The van der Waals surface area contributed by atoms with Crippen molar-refractivity contribution in [3.8, 4) is 11.4 Å². The normalized spacial score (nSPS) is 18.3. The molecule has 0 amide bonds. The summed E-state index contributed by atoms with van der Waals surface area (Å²) < 4.78 is 9.65. The molecule has 1 fully saturated rings. The fourth-order valence-corrected chi connectivity index (χ4v) is 3.28. The molecule has 1 saturated heterocycles. The minimum absolute atomic E-state index is 0.0278. The zero-order valence-corrected chi connectivity index (χ0v) is 14.7. The van der Waals surface area contributed by atoms with Gasteiger partial charge in [0.1, 0.15) is 11.9 Å². The number of ether oxygens (including phenoxy) is 1. The minimum atomic E-state index is -0.0278. The van der Waals surface area contributed by atoms with Crippen LogP contribution in [-0.4, -0.2) is 31.2 Å². The number of hydrogen-bond acceptors (Lipinski definition) is 5. The summed E-state index contributed by atoms with van der Waals surface area (Å²) in [6.07, 6.45) is 8.74. The van der Waals surface area contributed by atoms with Gasteiger partial charge in [0.2, 0.25) is 0 Å². The molecule has 0 saturated carbocycles. The molecule has 0 aliphatic carbocycles. The molecule has 0 spiro atoms. The highest BCUT2D eigenvalue weighted by Gasteiger charge is 2.20. The third kappa shape index (κ3) is 3.11. The number of anilines is 1. The fraction of sp³-hybridized carbons (Fsp3) is 0.500. The van der Waals surface area contributed by atoms with E-state index < -0.39 is 0 Å². The van der Waals surface area contributed by atoms with Gasteiger partial charge in [0.25, 0.3) is 0 Å². The van der Waals surface area contributed by atoms with E-state index in [1.54, 1.807) is 0 Å². The Kier molecular flexibility index (Phi) is 4.17. The van der Waals surface area contributed by atoms with Crippen molar-refractivity contribution in [2.75, 3.05) is 12.3 Å². The Morgan fingerprint density at radius 3 is 2.96 bits per heavy atom. The maximum atomic E-state index is 6.22. The van der Waals surface area contributed by atoms with E-state index >= 15 is 0 Å². The van der Waals surface area contributed by atoms with Crippen LogP contribution in [0.2, 0.25) is 0 Å². The second-order valence-electron chi connectivity index (χ2n) is 7.08. The maximum Gasteiger partial charge on any atom is 0.150 e. The molecule has 3 aromatic heterocycles. The number of fused-ring (bicyclic) bond motifs is 1. The van der Waals surface area contributed by atoms with Crippen LogP contribution in [0.25, 0.3) is 22.3 Å². The van der Waals surface area contributed by atoms with Crippen molar-refractivity contribution in [3.05, 3.63) is 24.7 Å². The van der Waals surface area contributed by atoms with Crippen molar-refractivity contribution in [2.45, 2.75) is 45.9 Å². The maximum absolute atomic E-state index is 6.22. The van der Waals surface area contributed by atoms with E-state index in [1.165, 1.54) is 0 Å². The van der Waals surface area contributed by atoms with Crippen LogP contribution in [-0.2, 0) is 11.3 Å². The van der Waals surface area contributed by atoms with E-state index in [0.29, 0.717) is 17.3 Å². The molecule has 25 heavy (non-hydrogen) atoms. The SMILES string of the molecule is CC(C)Cn1ncc2cnc(-c3nn(C4CCCCO4)cc3N)cc21. The predicted molar refractivity (Wildman–Crippen MR) is 96.8 cm³/mol. The molecule has 7 heteroatoms. The summed E-state index contributed by atoms with van der Waals surface area (Å²) in [6, 6.07) is 2.02. The molecule has 1 unspecified atom stereocenters. The van der Waals surface area contributed by atoms with Gasteiger partial charge in [-0.15, -0.1) is 0 Å². The summed E-state index contributed by atoms with van der Waals surface area (Å²) in [7, 11) is 0. The molecule has 0 radical (unpaired) electrons. The second kappa shape index (κ2) is 6.48. The molecule has 3 aromatic rings. The van der Waals surface area contributed by atoms with Gasteiger partial charge in [0.15, 0.2) is 0 Å². The van der Waals surface area contributed by atoms with Gasteiger partial charge in [0.05, 0.1) is 29.3 Å². The molecular formula is C18H24N6O. The van der Waals surface area contributed by atoms with Crippen molar-refractivity contribution in [3.63, 3.8) is 0 Å². The van der Waals surface area contributed by atoms with E-state index in [0.717, 1.165) is 49.0 Å². The Labute approximate surface area is 146 Å². The average Bonchev–Trinajstić information content (AvgIpc) is 3.19. The highest BCUT2D eigenvalue weighted by Crippen LogP contribution is 2.29. The summed E-state index contributed by atoms with van der Waals surface area (Å²) in [4.78, 5) is 4.54. The third-order valence-electron chi connectivity index (χ3n) is 4.52. The first kappa shape index (κ1) is 16.1. The summed E-state index contributed by atoms with van der Waals surface area (Å²) in [5.74, 6) is 0.521. The van der Waals surface area contributed by atoms with E-state index in [-0.39, 0.29) is 6.23 Å². The van der Waals surface area contributed by atoms with Crippen LogP contribution in [0.3, 0.4) is 0 Å². The topological polar surface area (TPSA) is 83.8 Å². The zero-order chi connectivity index (χ0) is 17.4. The number of hydrogen-bond donors (Lipinski definition) is 1. The Morgan fingerprint density at radius 2 is 2.20 bits per heavy atom. The number of nitrogens with zero attached hydrogens (tertiary/aromatic N) is 5. The van der Waals surface area contributed by atoms with E-state index in [1.807, 2.05) is 34.0 Å². The molecule has 0 bridgehead atoms. The Bertz CT molecular complexity index is 875. The summed E-state index contributed by atoms with van der Waals surface area (Å²) in [5, 5.41) is 10.2. The molecule has 4 rings (SSSR count). The molecule has 1 aliphatic rings. The molecule has 1 aliphatic heterocycles. The van der Waals surface area contributed by atoms with Gasteiger partial charge in [-0.1, -0.05) is 13.8 Å². The van der Waals surface area contributed by atoms with Gasteiger partial charge in [0, 0.05) is 24.7 Å². The van der Waals surface area contributed by atoms with Crippen LogP contribution in [0.15, 0.2) is 24.7 Å². The first-order chi connectivity index (χ1) is 12.1. The zero-order valence-electron chi connectivity index (χ0n) is 14.7. The molecular weight excluding hydrogens is 316 g/mol. The first-order valence-corrected chi connectivity index (χ1v) is 8.90. The molecule has 1 atom stereocenters. The van der Waals surface area contributed by atoms with Gasteiger partial charge in [-0.25, -0.2) is 4.68 Å². The van der Waals surface area contributed by atoms with Crippen molar-refractivity contribution in [1.82, 2.24) is 24.5 Å². The Balaban J connectivity index is 1.70. The Hall–Kier alpha value is -2.41. The van der Waals surface area contributed by atoms with E-state index in [4.69, 9.17) is 10.5 Å². The van der Waals surface area contributed by atoms with Gasteiger partial charge < -0.3 is 10.5 Å². The second-order valence-corrected chi connectivity index (χ2v) is 7.08. The summed E-state index contributed by atoms with van der Waals surface area (Å²) in [6.45, 7) is 6.00. The number of rotatable bonds is 4. The van der Waals surface area contributed by atoms with Crippen molar-refractivity contribution < 1.29 is 4.74 Å². The van der Waals surface area contributed by atoms with Crippen LogP contribution in [0.1, 0.15) is 39.3 Å². The molecule has 0 aromatic carbocycles. The fourth-order valence-electron chi connectivity index (χ4n) is 3.28. The van der Waals surface area contributed by atoms with Crippen LogP contribution < -0.4 is 5.73 Å². The molecule has 7 nitrogen and oxygen atoms in total. The third-order valence-corrected chi connectivity index (χ3v) is 4.52. The monoisotopic (exact) mass is 340 g/mol. The average molecular weight is 340 g/mol. The van der Waals surface area contributed by atoms with Crippen molar-refractivity contribution in [2.24, 2.45) is 5.92 Å². The smallest absolute Gasteiger partial charge is 0.150 e. The van der Waals surface area contributed by atoms with Crippen LogP contribution in [0, 0.1) is 5.92 Å². The highest BCUT2D eigenvalue weighted by molar-refractivity contribution is 5.83. The van der Waals surface area contributed by atoms with Crippen LogP contribution in [0.4, 0.5) is 5.69 Å². The van der Waals surface area contributed by atoms with Crippen LogP contribution >= 0.6 is 0 Å². The Morgan fingerprint density at radius 1 is 1.32 bits per heavy atom. The number of pyridine rings is 1. The number of nitrogen functional groups attached to an aromatic ring is 1. The lowest BCUT2D eigenvalue weighted by Gasteiger charge is -2.22. The summed E-state index contributed by atoms with van der Waals surface area (Å²) in [5.41, 5.74) is 9.37. The van der Waals surface area contributed by atoms with Gasteiger partial charge in [-0.05, 0) is 31.2 Å². The van der Waals surface area contributed by atoms with Crippen molar-refractivity contribution >= 4 is 16.6 Å². The lowest BCUT2D eigenvalue weighted by molar-refractivity contribution is -0.0393. The van der Waals surface area contributed by atoms with Crippen molar-refractivity contribution in [1.29, 1.82) is 0 Å². The lowest BCUT2D eigenvalue weighted by atomic mass is 10.2. The quantitative estimate of drug-likeness (QED) is 0.788. The number of aromatic nitrogens is 5. The van der Waals surface area contributed by atoms with Gasteiger partial charge in [-0.3, -0.25) is 9.67 Å². The highest BCUT2D eigenvalue weighted by atomic mass is 16.5. The van der Waals surface area contributed by atoms with Crippen LogP contribution in [0.5, 0.6) is 0 Å². The molecule has 4 heterocycles. The largest absolute Gasteiger partial charge is 0.396 e. The predicted octanol–water partition coefficient (Wildman–Crippen LogP) is 3.23. The van der Waals surface area contributed by atoms with Gasteiger partial charge >= 0.3 is 0 Å². The standard InChI is InChI=1S/C18H24N6O/c1-12(2)10-23-16-7-15(20-8-13(16)9-21-23)18-14(19)11-24(22-18)17-5-3-4-6-25-17/h7-9,11-12,17H,3-6,10,19H2,1-2H3.